The van der Waals surface area contributed by atoms with E-state index in [-0.39, 0.29) is 34.3 Å². The van der Waals surface area contributed by atoms with Crippen LogP contribution in [0.25, 0.3) is 11.4 Å². The number of aromatic nitrogens is 4. The van der Waals surface area contributed by atoms with Gasteiger partial charge in [0.2, 0.25) is 5.91 Å². The highest BCUT2D eigenvalue weighted by Crippen LogP contribution is 2.43. The number of carbonyl (C=O) groups is 1. The lowest BCUT2D eigenvalue weighted by Gasteiger charge is -2.54. The molecule has 15 heteroatoms. The summed E-state index contributed by atoms with van der Waals surface area (Å²) in [6, 6.07) is 5.68. The first kappa shape index (κ1) is 27.4. The molecule has 0 unspecified atom stereocenters. The second kappa shape index (κ2) is 10.1. The smallest absolute Gasteiger partial charge is 0.406 e. The van der Waals surface area contributed by atoms with Gasteiger partial charge in [-0.25, -0.2) is 15.0 Å². The monoisotopic (exact) mass is 567 g/mol. The van der Waals surface area contributed by atoms with Gasteiger partial charge in [0.1, 0.15) is 28.9 Å². The Labute approximate surface area is 224 Å². The molecule has 1 spiro atoms. The number of ether oxygens (including phenoxy) is 1. The van der Waals surface area contributed by atoms with Crippen LogP contribution < -0.4 is 15.0 Å². The minimum absolute atomic E-state index is 0.000390. The summed E-state index contributed by atoms with van der Waals surface area (Å²) in [5.74, 6) is 0.230. The van der Waals surface area contributed by atoms with Gasteiger partial charge in [0.25, 0.3) is 0 Å². The van der Waals surface area contributed by atoms with Crippen LogP contribution in [0.5, 0.6) is 5.75 Å². The van der Waals surface area contributed by atoms with E-state index in [9.17, 15) is 31.1 Å². The Kier molecular flexibility index (Phi) is 6.92. The van der Waals surface area contributed by atoms with Crippen molar-refractivity contribution in [2.24, 2.45) is 5.41 Å². The minimum atomic E-state index is -4.89. The molecule has 0 radical (unpaired) electrons. The zero-order valence-electron chi connectivity index (χ0n) is 21.1. The van der Waals surface area contributed by atoms with Crippen LogP contribution in [0.3, 0.4) is 0 Å². The maximum absolute atomic E-state index is 13.0. The second-order valence-corrected chi connectivity index (χ2v) is 9.78. The summed E-state index contributed by atoms with van der Waals surface area (Å²) in [6.45, 7) is 4.15. The first-order valence-electron chi connectivity index (χ1n) is 12.2. The third-order valence-corrected chi connectivity index (χ3v) is 6.89. The number of anilines is 3. The molecule has 5 rings (SSSR count). The largest absolute Gasteiger partial charge is 0.573 e. The van der Waals surface area contributed by atoms with Crippen molar-refractivity contribution in [3.63, 3.8) is 0 Å². The van der Waals surface area contributed by atoms with E-state index in [0.717, 1.165) is 43.4 Å². The van der Waals surface area contributed by atoms with Crippen LogP contribution >= 0.6 is 0 Å². The average Bonchev–Trinajstić information content (AvgIpc) is 2.86. The molecule has 1 amide bonds. The number of hydrogen-bond acceptors (Lipinski definition) is 8. The van der Waals surface area contributed by atoms with E-state index in [1.54, 1.807) is 11.0 Å². The number of halogens is 6. The van der Waals surface area contributed by atoms with Crippen molar-refractivity contribution in [2.45, 2.75) is 32.3 Å². The van der Waals surface area contributed by atoms with Crippen molar-refractivity contribution in [2.75, 3.05) is 36.4 Å². The Morgan fingerprint density at radius 2 is 1.70 bits per heavy atom. The van der Waals surface area contributed by atoms with Gasteiger partial charge in [-0.05, 0) is 31.0 Å². The highest BCUT2D eigenvalue weighted by atomic mass is 19.4. The van der Waals surface area contributed by atoms with Gasteiger partial charge >= 0.3 is 12.5 Å². The first-order valence-corrected chi connectivity index (χ1v) is 12.2. The van der Waals surface area contributed by atoms with Gasteiger partial charge < -0.3 is 19.9 Å². The number of nitrogens with one attached hydrogen (secondary N) is 1. The fourth-order valence-electron chi connectivity index (χ4n) is 4.83. The Balaban J connectivity index is 1.41. The molecule has 212 valence electrons. The number of pyridine rings is 2. The Bertz CT molecular complexity index is 1380. The molecule has 5 heterocycles. The van der Waals surface area contributed by atoms with Crippen molar-refractivity contribution in [1.29, 1.82) is 0 Å². The van der Waals surface area contributed by atoms with Crippen LogP contribution in [0.2, 0.25) is 0 Å². The molecule has 2 fully saturated rings. The van der Waals surface area contributed by atoms with Gasteiger partial charge in [-0.3, -0.25) is 9.78 Å². The van der Waals surface area contributed by atoms with E-state index in [1.807, 2.05) is 4.90 Å². The highest BCUT2D eigenvalue weighted by Gasteiger charge is 2.46. The van der Waals surface area contributed by atoms with E-state index in [4.69, 9.17) is 0 Å². The number of nitrogens with zero attached hydrogens (tertiary/aromatic N) is 6. The van der Waals surface area contributed by atoms with Crippen LogP contribution in [0, 0.1) is 5.41 Å². The molecule has 0 aromatic carbocycles. The lowest BCUT2D eigenvalue weighted by atomic mass is 9.72. The summed E-state index contributed by atoms with van der Waals surface area (Å²) < 4.78 is 80.9. The third kappa shape index (κ3) is 6.18. The zero-order valence-corrected chi connectivity index (χ0v) is 21.1. The van der Waals surface area contributed by atoms with E-state index in [0.29, 0.717) is 32.0 Å². The molecule has 3 aromatic rings. The average molecular weight is 567 g/mol. The lowest BCUT2D eigenvalue weighted by molar-refractivity contribution is -0.274. The maximum Gasteiger partial charge on any atom is 0.573 e. The first-order chi connectivity index (χ1) is 18.8. The topological polar surface area (TPSA) is 96.4 Å². The predicted molar refractivity (Wildman–Crippen MR) is 131 cm³/mol. The molecule has 2 aliphatic heterocycles. The predicted octanol–water partition coefficient (Wildman–Crippen LogP) is 5.04. The van der Waals surface area contributed by atoms with Crippen LogP contribution in [0.4, 0.5) is 43.8 Å². The van der Waals surface area contributed by atoms with Crippen LogP contribution in [-0.4, -0.2) is 63.3 Å². The van der Waals surface area contributed by atoms with Gasteiger partial charge in [0, 0.05) is 68.6 Å². The van der Waals surface area contributed by atoms with Crippen molar-refractivity contribution in [1.82, 2.24) is 24.8 Å². The molecule has 0 saturated carbocycles. The number of carbonyl (C=O) groups excluding carboxylic acids is 1. The normalized spacial score (nSPS) is 17.0. The number of likely N-dealkylation sites (tertiary alicyclic amines) is 1. The third-order valence-electron chi connectivity index (χ3n) is 6.89. The Morgan fingerprint density at radius 1 is 0.975 bits per heavy atom. The molecule has 0 bridgehead atoms. The van der Waals surface area contributed by atoms with E-state index >= 15 is 0 Å². The van der Waals surface area contributed by atoms with Crippen molar-refractivity contribution in [3.8, 4) is 17.1 Å². The SMILES string of the molecule is CC(=O)N1CCC2(CC1)CN(c1cc(Nc3cc(OC(F)(F)F)ccn3)nc(-c3ccc(C(F)(F)F)nc3)n1)C2. The molecular formula is C25H23F6N7O2. The molecule has 2 aliphatic rings. The van der Waals surface area contributed by atoms with Crippen LogP contribution in [0.1, 0.15) is 25.5 Å². The quantitative estimate of drug-likeness (QED) is 0.429. The van der Waals surface area contributed by atoms with Gasteiger partial charge in [-0.15, -0.1) is 13.2 Å². The number of amides is 1. The lowest BCUT2D eigenvalue weighted by Crippen LogP contribution is -2.61. The summed E-state index contributed by atoms with van der Waals surface area (Å²) >= 11 is 0. The van der Waals surface area contributed by atoms with Gasteiger partial charge in [-0.1, -0.05) is 0 Å². The second-order valence-electron chi connectivity index (χ2n) is 9.78. The summed E-state index contributed by atoms with van der Waals surface area (Å²) in [7, 11) is 0. The molecule has 9 nitrogen and oxygen atoms in total. The highest BCUT2D eigenvalue weighted by molar-refractivity contribution is 5.73. The number of alkyl halides is 6. The van der Waals surface area contributed by atoms with Gasteiger partial charge in [-0.2, -0.15) is 13.2 Å². The summed E-state index contributed by atoms with van der Waals surface area (Å²) in [5.41, 5.74) is -0.853. The fraction of sp³-hybridized carbons (Fsp3) is 0.400. The fourth-order valence-corrected chi connectivity index (χ4v) is 4.83. The molecule has 3 aromatic heterocycles. The molecule has 1 N–H and O–H groups in total. The molecule has 0 atom stereocenters. The van der Waals surface area contributed by atoms with Crippen LogP contribution in [0.15, 0.2) is 42.7 Å². The molecule has 0 aliphatic carbocycles. The Hall–Kier alpha value is -4.17. The minimum Gasteiger partial charge on any atom is -0.406 e. The number of hydrogen-bond donors (Lipinski definition) is 1. The van der Waals surface area contributed by atoms with Crippen molar-refractivity contribution >= 4 is 23.4 Å². The van der Waals surface area contributed by atoms with Gasteiger partial charge in [0.05, 0.1) is 0 Å². The zero-order chi connectivity index (χ0) is 28.7. The Morgan fingerprint density at radius 3 is 2.30 bits per heavy atom. The number of rotatable bonds is 5. The van der Waals surface area contributed by atoms with Crippen molar-refractivity contribution < 1.29 is 35.9 Å². The van der Waals surface area contributed by atoms with Crippen molar-refractivity contribution in [3.05, 3.63) is 48.4 Å². The van der Waals surface area contributed by atoms with Gasteiger partial charge in [0.15, 0.2) is 5.82 Å². The van der Waals surface area contributed by atoms with E-state index in [1.165, 1.54) is 13.0 Å². The molecule has 40 heavy (non-hydrogen) atoms. The summed E-state index contributed by atoms with van der Waals surface area (Å²) in [6.07, 6.45) is -5.73. The summed E-state index contributed by atoms with van der Waals surface area (Å²) in [4.78, 5) is 31.8. The van der Waals surface area contributed by atoms with E-state index < -0.39 is 24.0 Å². The standard InChI is InChI=1S/C25H23F6N7O2/c1-15(39)37-8-5-23(6-9-37)13-38(14-23)21-11-20(34-19-10-17(4-7-32-19)40-25(29,30)31)35-22(36-21)16-2-3-18(33-12-16)24(26,27)28/h2-4,7,10-12H,5-6,8-9,13-14H2,1H3,(H,32,34,35,36). The molecule has 2 saturated heterocycles. The van der Waals surface area contributed by atoms with E-state index in [2.05, 4.69) is 30.0 Å². The van der Waals surface area contributed by atoms with Crippen LogP contribution in [-0.2, 0) is 11.0 Å². The summed E-state index contributed by atoms with van der Waals surface area (Å²) in [5, 5.41) is 2.83. The molecular weight excluding hydrogens is 544 g/mol. The maximum atomic E-state index is 13.0. The number of piperidine rings is 1.